The molecule has 0 unspecified atom stereocenters. The van der Waals surface area contributed by atoms with Crippen molar-refractivity contribution in [2.75, 3.05) is 0 Å². The summed E-state index contributed by atoms with van der Waals surface area (Å²) in [4.78, 5) is 9.98. The Bertz CT molecular complexity index is 456. The van der Waals surface area contributed by atoms with Crippen LogP contribution in [0.4, 0.5) is 0 Å². The zero-order valence-corrected chi connectivity index (χ0v) is 7.45. The van der Waals surface area contributed by atoms with Crippen LogP contribution in [0.3, 0.4) is 0 Å². The lowest BCUT2D eigenvalue weighted by atomic mass is 10.5. The highest BCUT2D eigenvalue weighted by atomic mass is 32.2. The number of aromatic nitrogens is 2. The van der Waals surface area contributed by atoms with Crippen molar-refractivity contribution in [1.29, 1.82) is 0 Å². The fraction of sp³-hybridized carbons (Fsp3) is 0.143. The highest BCUT2D eigenvalue weighted by Gasteiger charge is 2.24. The number of imidazole rings is 1. The van der Waals surface area contributed by atoms with Crippen LogP contribution >= 0.6 is 0 Å². The van der Waals surface area contributed by atoms with Gasteiger partial charge in [0.25, 0.3) is 9.84 Å². The average Bonchev–Trinajstić information content (AvgIpc) is 2.78. The first-order valence-electron chi connectivity index (χ1n) is 3.67. The van der Waals surface area contributed by atoms with Gasteiger partial charge in [0.15, 0.2) is 0 Å². The smallest absolute Gasteiger partial charge is 0.253 e. The first kappa shape index (κ1) is 8.18. The molecule has 1 aliphatic heterocycles. The van der Waals surface area contributed by atoms with E-state index in [1.165, 1.54) is 18.6 Å². The van der Waals surface area contributed by atoms with Crippen LogP contribution in [0.2, 0.25) is 0 Å². The van der Waals surface area contributed by atoms with E-state index in [0.29, 0.717) is 6.42 Å². The van der Waals surface area contributed by atoms with Crippen LogP contribution in [0, 0.1) is 0 Å². The molecule has 0 amide bonds. The molecule has 5 nitrogen and oxygen atoms in total. The SMILES string of the molecule is O=S(=O)(C1=NC=CC1)c1ncc[nH]1. The van der Waals surface area contributed by atoms with Gasteiger partial charge in [-0.3, -0.25) is 0 Å². The number of rotatable bonds is 1. The van der Waals surface area contributed by atoms with Crippen molar-refractivity contribution in [2.24, 2.45) is 4.99 Å². The molecule has 0 aliphatic carbocycles. The van der Waals surface area contributed by atoms with Crippen LogP contribution in [0.25, 0.3) is 0 Å². The summed E-state index contributed by atoms with van der Waals surface area (Å²) in [6, 6.07) is 0. The number of aromatic amines is 1. The Kier molecular flexibility index (Phi) is 1.77. The number of H-pyrrole nitrogens is 1. The zero-order chi connectivity index (χ0) is 9.31. The van der Waals surface area contributed by atoms with Gasteiger partial charge in [0.05, 0.1) is 0 Å². The minimum Gasteiger partial charge on any atom is -0.335 e. The maximum atomic E-state index is 11.6. The molecule has 0 radical (unpaired) electrons. The zero-order valence-electron chi connectivity index (χ0n) is 6.64. The molecule has 0 spiro atoms. The number of aliphatic imine (C=N–C) groups is 1. The minimum atomic E-state index is -3.47. The molecule has 0 bridgehead atoms. The van der Waals surface area contributed by atoms with Gasteiger partial charge in [-0.2, -0.15) is 0 Å². The predicted octanol–water partition coefficient (Wildman–Crippen LogP) is 0.499. The van der Waals surface area contributed by atoms with Crippen molar-refractivity contribution in [2.45, 2.75) is 11.6 Å². The van der Waals surface area contributed by atoms with Crippen molar-refractivity contribution < 1.29 is 8.42 Å². The molecular formula is C7H7N3O2S. The lowest BCUT2D eigenvalue weighted by molar-refractivity contribution is 0.600. The molecule has 0 atom stereocenters. The number of nitrogens with one attached hydrogen (secondary N) is 1. The molecule has 0 saturated heterocycles. The molecule has 2 heterocycles. The second-order valence-corrected chi connectivity index (χ2v) is 4.37. The fourth-order valence-electron chi connectivity index (χ4n) is 1.03. The Morgan fingerprint density at radius 3 is 2.85 bits per heavy atom. The van der Waals surface area contributed by atoms with Crippen molar-refractivity contribution >= 4 is 14.9 Å². The summed E-state index contributed by atoms with van der Waals surface area (Å²) in [7, 11) is -3.47. The van der Waals surface area contributed by atoms with E-state index in [-0.39, 0.29) is 10.2 Å². The summed E-state index contributed by atoms with van der Waals surface area (Å²) in [6.45, 7) is 0. The molecule has 1 aliphatic rings. The number of sulfone groups is 1. The van der Waals surface area contributed by atoms with Crippen molar-refractivity contribution in [3.63, 3.8) is 0 Å². The maximum Gasteiger partial charge on any atom is 0.253 e. The standard InChI is InChI=1S/C7H7N3O2S/c11-13(12,6-2-1-3-8-6)7-9-4-5-10-7/h1,3-5H,2H2,(H,9,10). The second-order valence-electron chi connectivity index (χ2n) is 2.51. The summed E-state index contributed by atoms with van der Waals surface area (Å²) < 4.78 is 23.3. The summed E-state index contributed by atoms with van der Waals surface area (Å²) in [5.74, 6) is 0. The monoisotopic (exact) mass is 197 g/mol. The molecule has 0 aromatic carbocycles. The van der Waals surface area contributed by atoms with Crippen molar-refractivity contribution in [3.05, 3.63) is 24.7 Å². The van der Waals surface area contributed by atoms with Crippen LogP contribution in [-0.2, 0) is 9.84 Å². The van der Waals surface area contributed by atoms with Gasteiger partial charge in [0.1, 0.15) is 5.04 Å². The minimum absolute atomic E-state index is 0.0463. The number of hydrogen-bond acceptors (Lipinski definition) is 4. The molecular weight excluding hydrogens is 190 g/mol. The summed E-state index contributed by atoms with van der Waals surface area (Å²) in [6.07, 6.45) is 6.39. The predicted molar refractivity (Wildman–Crippen MR) is 47.0 cm³/mol. The topological polar surface area (TPSA) is 75.2 Å². The van der Waals surface area contributed by atoms with Crippen LogP contribution in [0.1, 0.15) is 6.42 Å². The van der Waals surface area contributed by atoms with Gasteiger partial charge in [0, 0.05) is 25.0 Å². The molecule has 68 valence electrons. The molecule has 1 aromatic rings. The van der Waals surface area contributed by atoms with E-state index in [1.54, 1.807) is 6.08 Å². The van der Waals surface area contributed by atoms with E-state index < -0.39 is 9.84 Å². The molecule has 2 rings (SSSR count). The lowest BCUT2D eigenvalue weighted by Gasteiger charge is -1.97. The first-order valence-corrected chi connectivity index (χ1v) is 5.16. The first-order chi connectivity index (χ1) is 6.21. The van der Waals surface area contributed by atoms with Gasteiger partial charge in [-0.15, -0.1) is 0 Å². The lowest BCUT2D eigenvalue weighted by Crippen LogP contribution is -2.14. The van der Waals surface area contributed by atoms with E-state index in [9.17, 15) is 8.42 Å². The largest absolute Gasteiger partial charge is 0.335 e. The maximum absolute atomic E-state index is 11.6. The van der Waals surface area contributed by atoms with Gasteiger partial charge in [0.2, 0.25) is 5.16 Å². The van der Waals surface area contributed by atoms with Crippen LogP contribution in [0.15, 0.2) is 34.8 Å². The third-order valence-corrected chi connectivity index (χ3v) is 3.28. The molecule has 1 aromatic heterocycles. The Morgan fingerprint density at radius 1 is 1.46 bits per heavy atom. The van der Waals surface area contributed by atoms with E-state index in [0.717, 1.165) is 0 Å². The highest BCUT2D eigenvalue weighted by molar-refractivity contribution is 8.06. The van der Waals surface area contributed by atoms with Gasteiger partial charge < -0.3 is 4.98 Å². The fourth-order valence-corrected chi connectivity index (χ4v) is 2.19. The molecule has 6 heteroatoms. The molecule has 0 fully saturated rings. The Hall–Kier alpha value is -1.43. The molecule has 0 saturated carbocycles. The van der Waals surface area contributed by atoms with Crippen molar-refractivity contribution in [3.8, 4) is 0 Å². The quantitative estimate of drug-likeness (QED) is 0.712. The average molecular weight is 197 g/mol. The Labute approximate surface area is 75.1 Å². The normalized spacial score (nSPS) is 16.2. The number of hydrogen-bond donors (Lipinski definition) is 1. The van der Waals surface area contributed by atoms with E-state index in [4.69, 9.17) is 0 Å². The highest BCUT2D eigenvalue weighted by Crippen LogP contribution is 2.13. The summed E-state index contributed by atoms with van der Waals surface area (Å²) in [5, 5.41) is 0.0948. The number of nitrogens with zero attached hydrogens (tertiary/aromatic N) is 2. The van der Waals surface area contributed by atoms with Crippen molar-refractivity contribution in [1.82, 2.24) is 9.97 Å². The third-order valence-electron chi connectivity index (χ3n) is 1.65. The van der Waals surface area contributed by atoms with Gasteiger partial charge in [-0.1, -0.05) is 6.08 Å². The Balaban J connectivity index is 2.43. The summed E-state index contributed by atoms with van der Waals surface area (Å²) in [5.41, 5.74) is 0. The van der Waals surface area contributed by atoms with Crippen LogP contribution in [0.5, 0.6) is 0 Å². The molecule has 13 heavy (non-hydrogen) atoms. The number of allylic oxidation sites excluding steroid dienone is 1. The Morgan fingerprint density at radius 2 is 2.31 bits per heavy atom. The van der Waals surface area contributed by atoms with Crippen LogP contribution < -0.4 is 0 Å². The molecule has 1 N–H and O–H groups in total. The second kappa shape index (κ2) is 2.81. The third kappa shape index (κ3) is 1.29. The summed E-state index contributed by atoms with van der Waals surface area (Å²) >= 11 is 0. The van der Waals surface area contributed by atoms with E-state index >= 15 is 0 Å². The van der Waals surface area contributed by atoms with Gasteiger partial charge >= 0.3 is 0 Å². The van der Waals surface area contributed by atoms with Gasteiger partial charge in [-0.05, 0) is 0 Å². The van der Waals surface area contributed by atoms with E-state index in [2.05, 4.69) is 15.0 Å². The van der Waals surface area contributed by atoms with Crippen LogP contribution in [-0.4, -0.2) is 23.4 Å². The van der Waals surface area contributed by atoms with Gasteiger partial charge in [-0.25, -0.2) is 18.4 Å². The van der Waals surface area contributed by atoms with E-state index in [1.807, 2.05) is 0 Å².